The molecule has 0 saturated carbocycles. The number of hydrogen-bond donors (Lipinski definition) is 0. The third kappa shape index (κ3) is 6.61. The Balaban J connectivity index is 1.17. The summed E-state index contributed by atoms with van der Waals surface area (Å²) in [7, 11) is 0. The Morgan fingerprint density at radius 1 is 0.286 bits per heavy atom. The summed E-state index contributed by atoms with van der Waals surface area (Å²) in [5.74, 6) is 0. The van der Waals surface area contributed by atoms with Crippen molar-refractivity contribution in [2.75, 3.05) is 9.80 Å². The van der Waals surface area contributed by atoms with Gasteiger partial charge in [0.1, 0.15) is 0 Å². The summed E-state index contributed by atoms with van der Waals surface area (Å²) in [6.45, 7) is 6.89. The lowest BCUT2D eigenvalue weighted by atomic mass is 9.81. The van der Waals surface area contributed by atoms with Crippen LogP contribution in [-0.2, 0) is 5.41 Å². The third-order valence-corrected chi connectivity index (χ3v) is 10.8. The normalized spacial score (nSPS) is 11.5. The Hall–Kier alpha value is -6.90. The van der Waals surface area contributed by atoms with E-state index >= 15 is 0 Å². The van der Waals surface area contributed by atoms with Crippen LogP contribution in [0.15, 0.2) is 212 Å². The molecule has 270 valence electrons. The van der Waals surface area contributed by atoms with Gasteiger partial charge in [0, 0.05) is 34.1 Å². The van der Waals surface area contributed by atoms with Crippen molar-refractivity contribution in [3.63, 3.8) is 0 Å². The van der Waals surface area contributed by atoms with Gasteiger partial charge in [0.05, 0.1) is 0 Å². The summed E-state index contributed by atoms with van der Waals surface area (Å²) in [6, 6.07) is 76.7. The van der Waals surface area contributed by atoms with Gasteiger partial charge in [-0.25, -0.2) is 0 Å². The van der Waals surface area contributed by atoms with Crippen molar-refractivity contribution < 1.29 is 0 Å². The second-order valence-electron chi connectivity index (χ2n) is 15.4. The van der Waals surface area contributed by atoms with Crippen LogP contribution in [0.1, 0.15) is 26.3 Å². The van der Waals surface area contributed by atoms with Crippen molar-refractivity contribution in [1.29, 1.82) is 0 Å². The van der Waals surface area contributed by atoms with Gasteiger partial charge in [-0.2, -0.15) is 0 Å². The Bertz CT molecular complexity index is 2690. The molecule has 0 aliphatic rings. The molecule has 9 aromatic carbocycles. The van der Waals surface area contributed by atoms with E-state index in [0.29, 0.717) is 0 Å². The van der Waals surface area contributed by atoms with Gasteiger partial charge < -0.3 is 9.80 Å². The van der Waals surface area contributed by atoms with Crippen molar-refractivity contribution in [3.05, 3.63) is 218 Å². The van der Waals surface area contributed by atoms with Crippen LogP contribution in [0, 0.1) is 0 Å². The molecule has 0 N–H and O–H groups in total. The van der Waals surface area contributed by atoms with Crippen LogP contribution in [0.2, 0.25) is 0 Å². The first kappa shape index (κ1) is 34.8. The highest BCUT2D eigenvalue weighted by Crippen LogP contribution is 2.46. The van der Waals surface area contributed by atoms with Crippen molar-refractivity contribution in [3.8, 4) is 22.3 Å². The zero-order valence-electron chi connectivity index (χ0n) is 32.1. The molecular weight excluding hydrogens is 677 g/mol. The molecule has 0 saturated heterocycles. The van der Waals surface area contributed by atoms with Crippen molar-refractivity contribution in [2.45, 2.75) is 26.2 Å². The summed E-state index contributed by atoms with van der Waals surface area (Å²) >= 11 is 0. The number of fused-ring (bicyclic) bond motifs is 2. The Kier molecular flexibility index (Phi) is 9.17. The van der Waals surface area contributed by atoms with Gasteiger partial charge in [-0.15, -0.1) is 0 Å². The van der Waals surface area contributed by atoms with Gasteiger partial charge in [0.15, 0.2) is 0 Å². The second-order valence-corrected chi connectivity index (χ2v) is 15.4. The third-order valence-electron chi connectivity index (χ3n) is 10.8. The van der Waals surface area contributed by atoms with E-state index in [4.69, 9.17) is 0 Å². The predicted molar refractivity (Wildman–Crippen MR) is 240 cm³/mol. The first-order valence-electron chi connectivity index (χ1n) is 19.4. The topological polar surface area (TPSA) is 6.48 Å². The molecule has 0 heterocycles. The first-order valence-corrected chi connectivity index (χ1v) is 19.4. The fourth-order valence-corrected chi connectivity index (χ4v) is 8.03. The molecular formula is C54H44N2. The highest BCUT2D eigenvalue weighted by atomic mass is 15.2. The predicted octanol–water partition coefficient (Wildman–Crippen LogP) is 15.6. The van der Waals surface area contributed by atoms with Crippen LogP contribution < -0.4 is 9.80 Å². The van der Waals surface area contributed by atoms with Gasteiger partial charge in [-0.05, 0) is 134 Å². The van der Waals surface area contributed by atoms with Gasteiger partial charge >= 0.3 is 0 Å². The average Bonchev–Trinajstić information content (AvgIpc) is 3.25. The molecule has 0 amide bonds. The van der Waals surface area contributed by atoms with E-state index < -0.39 is 0 Å². The van der Waals surface area contributed by atoms with Gasteiger partial charge in [0.25, 0.3) is 0 Å². The molecule has 0 radical (unpaired) electrons. The molecule has 2 nitrogen and oxygen atoms in total. The molecule has 0 aliphatic heterocycles. The van der Waals surface area contributed by atoms with Gasteiger partial charge in [-0.1, -0.05) is 154 Å². The molecule has 9 aromatic rings. The minimum Gasteiger partial charge on any atom is -0.311 e. The minimum absolute atomic E-state index is 0.0239. The monoisotopic (exact) mass is 720 g/mol. The molecule has 0 aromatic heterocycles. The number of anilines is 6. The lowest BCUT2D eigenvalue weighted by Crippen LogP contribution is -2.12. The molecule has 0 atom stereocenters. The van der Waals surface area contributed by atoms with E-state index in [9.17, 15) is 0 Å². The van der Waals surface area contributed by atoms with Gasteiger partial charge in [-0.3, -0.25) is 0 Å². The SMILES string of the molecule is CC(C)(C)c1ccc2c(-c3ccc(N(c4ccccc4)c4ccc(N(c5ccccc5)c5ccccc5)cc4)cc3)c3ccccc3c(-c3ccccc3)c2c1. The zero-order chi connectivity index (χ0) is 38.1. The number of hydrogen-bond acceptors (Lipinski definition) is 2. The maximum absolute atomic E-state index is 2.43. The van der Waals surface area contributed by atoms with E-state index in [2.05, 4.69) is 243 Å². The molecule has 9 rings (SSSR count). The van der Waals surface area contributed by atoms with E-state index in [1.807, 2.05) is 0 Å². The van der Waals surface area contributed by atoms with Crippen LogP contribution >= 0.6 is 0 Å². The summed E-state index contributed by atoms with van der Waals surface area (Å²) in [6.07, 6.45) is 0. The van der Waals surface area contributed by atoms with E-state index in [0.717, 1.165) is 34.1 Å². The minimum atomic E-state index is 0.0239. The molecule has 0 unspecified atom stereocenters. The maximum atomic E-state index is 2.43. The number of benzene rings is 9. The highest BCUT2D eigenvalue weighted by molar-refractivity contribution is 6.21. The average molecular weight is 721 g/mol. The summed E-state index contributed by atoms with van der Waals surface area (Å²) in [5, 5.41) is 5.07. The molecule has 0 aliphatic carbocycles. The fourth-order valence-electron chi connectivity index (χ4n) is 8.03. The highest BCUT2D eigenvalue weighted by Gasteiger charge is 2.21. The number of para-hydroxylation sites is 3. The standard InChI is InChI=1S/C54H44N2/c1-54(2,3)41-30-37-50-51(38-41)53(39-18-8-4-9-19-39)49-27-17-16-26-48(49)52(50)40-28-31-45(32-29-40)56(44-24-14-7-15-25-44)47-35-33-46(34-36-47)55(42-20-10-5-11-21-42)43-22-12-6-13-23-43/h4-38H,1-3H3. The summed E-state index contributed by atoms with van der Waals surface area (Å²) in [5.41, 5.74) is 13.0. The molecule has 0 spiro atoms. The van der Waals surface area contributed by atoms with E-state index in [-0.39, 0.29) is 5.41 Å². The lowest BCUT2D eigenvalue weighted by molar-refractivity contribution is 0.591. The maximum Gasteiger partial charge on any atom is 0.0463 e. The lowest BCUT2D eigenvalue weighted by Gasteiger charge is -2.28. The number of nitrogens with zero attached hydrogens (tertiary/aromatic N) is 2. The van der Waals surface area contributed by atoms with E-state index in [1.54, 1.807) is 0 Å². The summed E-state index contributed by atoms with van der Waals surface area (Å²) < 4.78 is 0. The van der Waals surface area contributed by atoms with Crippen molar-refractivity contribution >= 4 is 55.7 Å². The van der Waals surface area contributed by atoms with Crippen LogP contribution in [0.3, 0.4) is 0 Å². The largest absolute Gasteiger partial charge is 0.311 e. The van der Waals surface area contributed by atoms with Crippen LogP contribution in [-0.4, -0.2) is 0 Å². The molecule has 56 heavy (non-hydrogen) atoms. The van der Waals surface area contributed by atoms with E-state index in [1.165, 1.54) is 49.4 Å². The van der Waals surface area contributed by atoms with Gasteiger partial charge in [0.2, 0.25) is 0 Å². The Labute approximate surface area is 330 Å². The van der Waals surface area contributed by atoms with Crippen LogP contribution in [0.4, 0.5) is 34.1 Å². The molecule has 0 bridgehead atoms. The van der Waals surface area contributed by atoms with Crippen molar-refractivity contribution in [1.82, 2.24) is 0 Å². The Morgan fingerprint density at radius 2 is 0.607 bits per heavy atom. The summed E-state index contributed by atoms with van der Waals surface area (Å²) in [4.78, 5) is 4.64. The first-order chi connectivity index (χ1) is 27.4. The molecule has 2 heteroatoms. The van der Waals surface area contributed by atoms with Crippen molar-refractivity contribution in [2.24, 2.45) is 0 Å². The quantitative estimate of drug-likeness (QED) is 0.144. The fraction of sp³-hybridized carbons (Fsp3) is 0.0741. The zero-order valence-corrected chi connectivity index (χ0v) is 32.1. The van der Waals surface area contributed by atoms with Crippen LogP contribution in [0.5, 0.6) is 0 Å². The van der Waals surface area contributed by atoms with Crippen LogP contribution in [0.25, 0.3) is 43.8 Å². The second kappa shape index (κ2) is 14.7. The number of rotatable bonds is 8. The smallest absolute Gasteiger partial charge is 0.0463 e. The Morgan fingerprint density at radius 3 is 1.04 bits per heavy atom. The molecule has 0 fully saturated rings.